The molecule has 0 bridgehead atoms. The summed E-state index contributed by atoms with van der Waals surface area (Å²) in [5.74, 6) is -0.766. The van der Waals surface area contributed by atoms with Gasteiger partial charge in [0.15, 0.2) is 0 Å². The summed E-state index contributed by atoms with van der Waals surface area (Å²) >= 11 is 0. The maximum Gasteiger partial charge on any atom is 0.320 e. The number of carboxylic acid groups (broad SMARTS) is 1. The Hall–Kier alpha value is -2.13. The van der Waals surface area contributed by atoms with Gasteiger partial charge in [0.1, 0.15) is 6.04 Å². The molecule has 1 atom stereocenters. The molecule has 2 aromatic carbocycles. The molecule has 2 aromatic rings. The van der Waals surface area contributed by atoms with E-state index in [-0.39, 0.29) is 0 Å². The predicted octanol–water partition coefficient (Wildman–Crippen LogP) is 3.30. The fourth-order valence-electron chi connectivity index (χ4n) is 2.53. The van der Waals surface area contributed by atoms with Gasteiger partial charge in [-0.25, -0.2) is 0 Å². The second-order valence-corrected chi connectivity index (χ2v) is 5.38. The first-order chi connectivity index (χ1) is 10.1. The zero-order valence-electron chi connectivity index (χ0n) is 12.5. The van der Waals surface area contributed by atoms with Gasteiger partial charge in [-0.1, -0.05) is 54.6 Å². The van der Waals surface area contributed by atoms with Gasteiger partial charge in [0.25, 0.3) is 0 Å². The molecule has 3 nitrogen and oxygen atoms in total. The number of carbonyl (C=O) groups is 1. The van der Waals surface area contributed by atoms with E-state index in [1.807, 2.05) is 44.4 Å². The van der Waals surface area contributed by atoms with Gasteiger partial charge in [-0.05, 0) is 43.6 Å². The van der Waals surface area contributed by atoms with Crippen molar-refractivity contribution in [2.45, 2.75) is 18.9 Å². The summed E-state index contributed by atoms with van der Waals surface area (Å²) in [5.41, 5.74) is 3.54. The van der Waals surface area contributed by atoms with Gasteiger partial charge >= 0.3 is 5.97 Å². The number of carboxylic acids is 1. The molecule has 0 aromatic heterocycles. The van der Waals surface area contributed by atoms with Gasteiger partial charge in [0, 0.05) is 0 Å². The molecule has 110 valence electrons. The Kier molecular flexibility index (Phi) is 5.12. The van der Waals surface area contributed by atoms with Crippen LogP contribution in [-0.4, -0.2) is 36.1 Å². The second kappa shape index (κ2) is 7.04. The number of aryl methyl sites for hydroxylation is 1. The summed E-state index contributed by atoms with van der Waals surface area (Å²) in [5, 5.41) is 9.27. The minimum atomic E-state index is -0.766. The van der Waals surface area contributed by atoms with Crippen molar-refractivity contribution < 1.29 is 9.90 Å². The number of hydrogen-bond donors (Lipinski definition) is 1. The monoisotopic (exact) mass is 283 g/mol. The summed E-state index contributed by atoms with van der Waals surface area (Å²) in [7, 11) is 3.61. The molecule has 21 heavy (non-hydrogen) atoms. The molecule has 0 saturated heterocycles. The van der Waals surface area contributed by atoms with Gasteiger partial charge < -0.3 is 5.11 Å². The minimum absolute atomic E-state index is 0.450. The van der Waals surface area contributed by atoms with Gasteiger partial charge in [-0.3, -0.25) is 9.69 Å². The summed E-state index contributed by atoms with van der Waals surface area (Å²) in [4.78, 5) is 13.0. The molecular formula is C18H21NO2. The fourth-order valence-corrected chi connectivity index (χ4v) is 2.53. The largest absolute Gasteiger partial charge is 0.480 e. The standard InChI is InChI=1S/C18H21NO2/c1-19(2)17(18(20)21)13-12-15-10-6-7-11-16(15)14-8-4-3-5-9-14/h3-11,17H,12-13H2,1-2H3,(H,20,21). The van der Waals surface area contributed by atoms with Crippen LogP contribution in [0.5, 0.6) is 0 Å². The van der Waals surface area contributed by atoms with Crippen LogP contribution in [-0.2, 0) is 11.2 Å². The number of benzene rings is 2. The van der Waals surface area contributed by atoms with E-state index in [4.69, 9.17) is 0 Å². The molecule has 0 aliphatic rings. The first kappa shape index (κ1) is 15.3. The molecule has 1 unspecified atom stereocenters. The molecule has 2 rings (SSSR count). The van der Waals surface area contributed by atoms with Gasteiger partial charge in [-0.2, -0.15) is 0 Å². The lowest BCUT2D eigenvalue weighted by Gasteiger charge is -2.20. The van der Waals surface area contributed by atoms with E-state index in [9.17, 15) is 9.90 Å². The molecule has 0 radical (unpaired) electrons. The SMILES string of the molecule is CN(C)C(CCc1ccccc1-c1ccccc1)C(=O)O. The summed E-state index contributed by atoms with van der Waals surface area (Å²) in [6.45, 7) is 0. The van der Waals surface area contributed by atoms with Crippen molar-refractivity contribution in [2.24, 2.45) is 0 Å². The van der Waals surface area contributed by atoms with E-state index in [0.717, 1.165) is 6.42 Å². The molecular weight excluding hydrogens is 262 g/mol. The van der Waals surface area contributed by atoms with E-state index < -0.39 is 12.0 Å². The molecule has 0 aliphatic heterocycles. The van der Waals surface area contributed by atoms with Crippen LogP contribution in [0, 0.1) is 0 Å². The van der Waals surface area contributed by atoms with Crippen LogP contribution in [0.3, 0.4) is 0 Å². The summed E-state index contributed by atoms with van der Waals surface area (Å²) in [6, 6.07) is 18.0. The van der Waals surface area contributed by atoms with Crippen LogP contribution in [0.1, 0.15) is 12.0 Å². The Morgan fingerprint density at radius 2 is 1.67 bits per heavy atom. The van der Waals surface area contributed by atoms with Crippen molar-refractivity contribution in [1.82, 2.24) is 4.90 Å². The van der Waals surface area contributed by atoms with Crippen LogP contribution < -0.4 is 0 Å². The van der Waals surface area contributed by atoms with E-state index in [1.165, 1.54) is 16.7 Å². The molecule has 0 amide bonds. The van der Waals surface area contributed by atoms with Crippen molar-refractivity contribution in [3.05, 3.63) is 60.2 Å². The zero-order chi connectivity index (χ0) is 15.2. The van der Waals surface area contributed by atoms with Crippen LogP contribution in [0.15, 0.2) is 54.6 Å². The van der Waals surface area contributed by atoms with Crippen molar-refractivity contribution in [1.29, 1.82) is 0 Å². The van der Waals surface area contributed by atoms with Crippen LogP contribution in [0.2, 0.25) is 0 Å². The average Bonchev–Trinajstić information content (AvgIpc) is 2.48. The summed E-state index contributed by atoms with van der Waals surface area (Å²) in [6.07, 6.45) is 1.35. The molecule has 0 aliphatic carbocycles. The lowest BCUT2D eigenvalue weighted by Crippen LogP contribution is -2.36. The van der Waals surface area contributed by atoms with Gasteiger partial charge in [-0.15, -0.1) is 0 Å². The normalized spacial score (nSPS) is 12.3. The van der Waals surface area contributed by atoms with Gasteiger partial charge in [0.05, 0.1) is 0 Å². The molecule has 0 saturated carbocycles. The first-order valence-electron chi connectivity index (χ1n) is 7.12. The topological polar surface area (TPSA) is 40.5 Å². The highest BCUT2D eigenvalue weighted by atomic mass is 16.4. The minimum Gasteiger partial charge on any atom is -0.480 e. The summed E-state index contributed by atoms with van der Waals surface area (Å²) < 4.78 is 0. The highest BCUT2D eigenvalue weighted by molar-refractivity contribution is 5.73. The van der Waals surface area contributed by atoms with Crippen LogP contribution >= 0.6 is 0 Å². The van der Waals surface area contributed by atoms with E-state index >= 15 is 0 Å². The highest BCUT2D eigenvalue weighted by Crippen LogP contribution is 2.25. The third-order valence-corrected chi connectivity index (χ3v) is 3.70. The maximum atomic E-state index is 11.3. The van der Waals surface area contributed by atoms with Crippen LogP contribution in [0.25, 0.3) is 11.1 Å². The maximum absolute atomic E-state index is 11.3. The molecule has 3 heteroatoms. The van der Waals surface area contributed by atoms with Crippen molar-refractivity contribution in [3.8, 4) is 11.1 Å². The Balaban J connectivity index is 2.20. The van der Waals surface area contributed by atoms with Crippen molar-refractivity contribution >= 4 is 5.97 Å². The number of aliphatic carboxylic acids is 1. The van der Waals surface area contributed by atoms with Crippen LogP contribution in [0.4, 0.5) is 0 Å². The molecule has 1 N–H and O–H groups in total. The van der Waals surface area contributed by atoms with Gasteiger partial charge in [0.2, 0.25) is 0 Å². The number of likely N-dealkylation sites (N-methyl/N-ethyl adjacent to an activating group) is 1. The number of hydrogen-bond acceptors (Lipinski definition) is 2. The fraction of sp³-hybridized carbons (Fsp3) is 0.278. The molecule has 0 fully saturated rings. The first-order valence-corrected chi connectivity index (χ1v) is 7.12. The van der Waals surface area contributed by atoms with E-state index in [0.29, 0.717) is 6.42 Å². The molecule has 0 spiro atoms. The van der Waals surface area contributed by atoms with E-state index in [1.54, 1.807) is 4.90 Å². The Labute approximate surface area is 125 Å². The zero-order valence-corrected chi connectivity index (χ0v) is 12.5. The lowest BCUT2D eigenvalue weighted by atomic mass is 9.95. The Bertz CT molecular complexity index is 593. The Morgan fingerprint density at radius 1 is 1.05 bits per heavy atom. The number of nitrogens with zero attached hydrogens (tertiary/aromatic N) is 1. The number of rotatable bonds is 6. The lowest BCUT2D eigenvalue weighted by molar-refractivity contribution is -0.142. The third kappa shape index (κ3) is 3.92. The highest BCUT2D eigenvalue weighted by Gasteiger charge is 2.19. The smallest absolute Gasteiger partial charge is 0.320 e. The van der Waals surface area contributed by atoms with E-state index in [2.05, 4.69) is 24.3 Å². The predicted molar refractivity (Wildman–Crippen MR) is 85.3 cm³/mol. The van der Waals surface area contributed by atoms with Crippen molar-refractivity contribution in [3.63, 3.8) is 0 Å². The third-order valence-electron chi connectivity index (χ3n) is 3.70. The Morgan fingerprint density at radius 3 is 2.29 bits per heavy atom. The second-order valence-electron chi connectivity index (χ2n) is 5.38. The molecule has 0 heterocycles. The average molecular weight is 283 g/mol. The van der Waals surface area contributed by atoms with Crippen molar-refractivity contribution in [2.75, 3.05) is 14.1 Å². The quantitative estimate of drug-likeness (QED) is 0.884.